The molecule has 0 bridgehead atoms. The van der Waals surface area contributed by atoms with Gasteiger partial charge in [0, 0.05) is 5.56 Å². The van der Waals surface area contributed by atoms with Gasteiger partial charge in [-0.25, -0.2) is 9.86 Å². The standard InChI is InChI=1S/C42H56N4O12/c1-8-11-12-13-30(33(9-2)46(26-47)56-24-27-14-17-29(54-7)18-15-27)38(49)43-25-44-40(51)35-21-20-34(57-35)28-16-19-31(36(22-28)55-10-3)39(50)45-32(41(52)53)23-37(48)58-42(4,5)6/h14-22,26,30,32-33H,8-13,23-25H2,1-7H3,(H,43,49)(H,44,51)(H,45,50)(H,52,53)/t30-,32+,33-/m1/s1. The Bertz CT molecular complexity index is 1840. The fourth-order valence-electron chi connectivity index (χ4n) is 6.00. The molecule has 3 atom stereocenters. The van der Waals surface area contributed by atoms with E-state index in [2.05, 4.69) is 22.9 Å². The number of hydroxylamine groups is 2. The number of rotatable bonds is 24. The number of benzene rings is 2. The largest absolute Gasteiger partial charge is 0.497 e. The third-order valence-electron chi connectivity index (χ3n) is 8.85. The number of methoxy groups -OCH3 is 1. The number of hydrogen-bond acceptors (Lipinski definition) is 11. The van der Waals surface area contributed by atoms with Crippen LogP contribution in [0.5, 0.6) is 11.5 Å². The van der Waals surface area contributed by atoms with Gasteiger partial charge in [-0.15, -0.1) is 0 Å². The molecule has 1 heterocycles. The lowest BCUT2D eigenvalue weighted by Gasteiger charge is -2.32. The first-order valence-corrected chi connectivity index (χ1v) is 19.3. The molecule has 0 aliphatic carbocycles. The molecule has 16 heteroatoms. The summed E-state index contributed by atoms with van der Waals surface area (Å²) in [5.74, 6) is -3.55. The number of carboxylic acid groups (broad SMARTS) is 1. The Morgan fingerprint density at radius 1 is 0.931 bits per heavy atom. The lowest BCUT2D eigenvalue weighted by atomic mass is 9.90. The monoisotopic (exact) mass is 808 g/mol. The van der Waals surface area contributed by atoms with E-state index >= 15 is 0 Å². The second-order valence-corrected chi connectivity index (χ2v) is 14.4. The maximum absolute atomic E-state index is 13.6. The highest BCUT2D eigenvalue weighted by molar-refractivity contribution is 6.00. The fourth-order valence-corrected chi connectivity index (χ4v) is 6.00. The van der Waals surface area contributed by atoms with Gasteiger partial charge in [-0.2, -0.15) is 0 Å². The first kappa shape index (κ1) is 46.5. The van der Waals surface area contributed by atoms with Crippen LogP contribution in [0.3, 0.4) is 0 Å². The van der Waals surface area contributed by atoms with E-state index in [1.54, 1.807) is 53.0 Å². The predicted molar refractivity (Wildman–Crippen MR) is 213 cm³/mol. The smallest absolute Gasteiger partial charge is 0.326 e. The van der Waals surface area contributed by atoms with Crippen LogP contribution in [0, 0.1) is 5.92 Å². The van der Waals surface area contributed by atoms with E-state index in [-0.39, 0.29) is 48.6 Å². The zero-order valence-electron chi connectivity index (χ0n) is 34.3. The lowest BCUT2D eigenvalue weighted by Crippen LogP contribution is -2.48. The van der Waals surface area contributed by atoms with Crippen molar-refractivity contribution < 1.29 is 57.3 Å². The number of ether oxygens (including phenoxy) is 3. The van der Waals surface area contributed by atoms with Crippen molar-refractivity contribution in [3.63, 3.8) is 0 Å². The number of esters is 1. The molecule has 0 aliphatic rings. The van der Waals surface area contributed by atoms with Crippen molar-refractivity contribution in [1.29, 1.82) is 0 Å². The zero-order chi connectivity index (χ0) is 42.8. The molecular weight excluding hydrogens is 752 g/mol. The molecule has 58 heavy (non-hydrogen) atoms. The van der Waals surface area contributed by atoms with Crippen LogP contribution in [0.25, 0.3) is 11.3 Å². The van der Waals surface area contributed by atoms with Crippen LogP contribution in [-0.2, 0) is 35.4 Å². The minimum absolute atomic E-state index is 0.0136. The highest BCUT2D eigenvalue weighted by Gasteiger charge is 2.32. The molecule has 0 saturated carbocycles. The Hall–Kier alpha value is -5.90. The van der Waals surface area contributed by atoms with Crippen LogP contribution < -0.4 is 25.4 Å². The molecule has 0 radical (unpaired) electrons. The van der Waals surface area contributed by atoms with E-state index in [9.17, 15) is 33.9 Å². The highest BCUT2D eigenvalue weighted by atomic mass is 16.7. The molecule has 1 aromatic heterocycles. The molecule has 0 fully saturated rings. The van der Waals surface area contributed by atoms with Gasteiger partial charge < -0.3 is 39.7 Å². The van der Waals surface area contributed by atoms with E-state index in [0.29, 0.717) is 30.6 Å². The van der Waals surface area contributed by atoms with Crippen molar-refractivity contribution in [1.82, 2.24) is 21.0 Å². The third kappa shape index (κ3) is 14.2. The van der Waals surface area contributed by atoms with Crippen LogP contribution in [0.15, 0.2) is 59.0 Å². The van der Waals surface area contributed by atoms with Crippen LogP contribution >= 0.6 is 0 Å². The van der Waals surface area contributed by atoms with Gasteiger partial charge in [0.05, 0.1) is 44.3 Å². The number of aliphatic carboxylic acids is 1. The first-order valence-electron chi connectivity index (χ1n) is 19.3. The number of amides is 4. The lowest BCUT2D eigenvalue weighted by molar-refractivity contribution is -0.200. The third-order valence-corrected chi connectivity index (χ3v) is 8.85. The fraction of sp³-hybridized carbons (Fsp3) is 0.476. The van der Waals surface area contributed by atoms with Crippen molar-refractivity contribution >= 4 is 36.1 Å². The molecule has 0 spiro atoms. The summed E-state index contributed by atoms with van der Waals surface area (Å²) in [7, 11) is 1.57. The van der Waals surface area contributed by atoms with Crippen molar-refractivity contribution in [3.8, 4) is 22.8 Å². The Balaban J connectivity index is 1.67. The quantitative estimate of drug-likeness (QED) is 0.0285. The van der Waals surface area contributed by atoms with Crippen LogP contribution in [0.2, 0.25) is 0 Å². The van der Waals surface area contributed by atoms with Crippen molar-refractivity contribution in [3.05, 3.63) is 71.5 Å². The number of carboxylic acids is 1. The van der Waals surface area contributed by atoms with Gasteiger partial charge in [-0.1, -0.05) is 51.3 Å². The van der Waals surface area contributed by atoms with E-state index in [4.69, 9.17) is 23.5 Å². The molecular formula is C42H56N4O12. The zero-order valence-corrected chi connectivity index (χ0v) is 34.3. The second-order valence-electron chi connectivity index (χ2n) is 14.4. The average molecular weight is 809 g/mol. The SMILES string of the molecule is CCCCC[C@@H](C(=O)NCNC(=O)c1ccc(-c2ccc(C(=O)N[C@@H](CC(=O)OC(C)(C)C)C(=O)O)c(OCC)c2)o1)[C@@H](CC)N(C=O)OCc1ccc(OC)cc1. The van der Waals surface area contributed by atoms with Crippen molar-refractivity contribution in [2.24, 2.45) is 5.92 Å². The number of nitrogens with zero attached hydrogens (tertiary/aromatic N) is 1. The molecule has 3 aromatic rings. The maximum atomic E-state index is 13.6. The summed E-state index contributed by atoms with van der Waals surface area (Å²) in [5, 5.41) is 18.6. The molecule has 3 rings (SSSR count). The molecule has 16 nitrogen and oxygen atoms in total. The first-order chi connectivity index (χ1) is 27.6. The highest BCUT2D eigenvalue weighted by Crippen LogP contribution is 2.30. The average Bonchev–Trinajstić information content (AvgIpc) is 3.68. The second kappa shape index (κ2) is 22.7. The van der Waals surface area contributed by atoms with Gasteiger partial charge in [-0.05, 0) is 82.5 Å². The number of furan rings is 1. The summed E-state index contributed by atoms with van der Waals surface area (Å²) >= 11 is 0. The summed E-state index contributed by atoms with van der Waals surface area (Å²) in [5.41, 5.74) is 0.444. The number of carbonyl (C=O) groups is 6. The molecule has 4 N–H and O–H groups in total. The number of carbonyl (C=O) groups excluding carboxylic acids is 5. The van der Waals surface area contributed by atoms with Crippen LogP contribution in [-0.4, -0.2) is 84.3 Å². The van der Waals surface area contributed by atoms with E-state index in [1.165, 1.54) is 29.3 Å². The molecule has 2 aromatic carbocycles. The van der Waals surface area contributed by atoms with E-state index in [1.807, 2.05) is 19.1 Å². The molecule has 0 aliphatic heterocycles. The van der Waals surface area contributed by atoms with Gasteiger partial charge in [0.15, 0.2) is 5.76 Å². The Morgan fingerprint density at radius 2 is 1.66 bits per heavy atom. The Kier molecular flexibility index (Phi) is 18.2. The van der Waals surface area contributed by atoms with Gasteiger partial charge in [0.1, 0.15) is 35.5 Å². The predicted octanol–water partition coefficient (Wildman–Crippen LogP) is 5.64. The topological polar surface area (TPSA) is 212 Å². The number of nitrogens with one attached hydrogen (secondary N) is 3. The molecule has 316 valence electrons. The van der Waals surface area contributed by atoms with Gasteiger partial charge in [0.25, 0.3) is 11.8 Å². The summed E-state index contributed by atoms with van der Waals surface area (Å²) in [4.78, 5) is 82.0. The maximum Gasteiger partial charge on any atom is 0.326 e. The molecule has 0 unspecified atom stereocenters. The van der Waals surface area contributed by atoms with Gasteiger partial charge in [0.2, 0.25) is 12.3 Å². The van der Waals surface area contributed by atoms with Crippen LogP contribution in [0.4, 0.5) is 0 Å². The number of unbranched alkanes of at least 4 members (excludes halogenated alkanes) is 2. The van der Waals surface area contributed by atoms with Crippen molar-refractivity contribution in [2.75, 3.05) is 20.4 Å². The van der Waals surface area contributed by atoms with Crippen molar-refractivity contribution in [2.45, 2.75) is 104 Å². The van der Waals surface area contributed by atoms with Crippen LogP contribution in [0.1, 0.15) is 107 Å². The minimum atomic E-state index is -1.55. The normalized spacial score (nSPS) is 12.7. The van der Waals surface area contributed by atoms with Gasteiger partial charge in [-0.3, -0.25) is 28.8 Å². The minimum Gasteiger partial charge on any atom is -0.497 e. The summed E-state index contributed by atoms with van der Waals surface area (Å²) in [6, 6.07) is 12.6. The summed E-state index contributed by atoms with van der Waals surface area (Å²) < 4.78 is 21.9. The van der Waals surface area contributed by atoms with E-state index < -0.39 is 53.8 Å². The Labute approximate surface area is 338 Å². The van der Waals surface area contributed by atoms with E-state index in [0.717, 1.165) is 24.8 Å². The molecule has 4 amide bonds. The van der Waals surface area contributed by atoms with Gasteiger partial charge >= 0.3 is 11.9 Å². The summed E-state index contributed by atoms with van der Waals surface area (Å²) in [6.45, 7) is 10.6. The summed E-state index contributed by atoms with van der Waals surface area (Å²) in [6.07, 6.45) is 3.53. The molecule has 0 saturated heterocycles. The number of hydrogen-bond donors (Lipinski definition) is 4. The Morgan fingerprint density at radius 3 is 2.26 bits per heavy atom.